The van der Waals surface area contributed by atoms with E-state index in [1.54, 1.807) is 18.2 Å². The SMILES string of the molecule is CC(C)C[C@H](NC(=O)c1coc2ccccc12)C(=O)O. The molecule has 0 radical (unpaired) electrons. The summed E-state index contributed by atoms with van der Waals surface area (Å²) >= 11 is 0. The van der Waals surface area contributed by atoms with Gasteiger partial charge in [0.2, 0.25) is 0 Å². The van der Waals surface area contributed by atoms with Crippen LogP contribution in [0.5, 0.6) is 0 Å². The molecular formula is C15H17NO4. The quantitative estimate of drug-likeness (QED) is 0.879. The Morgan fingerprint density at radius 3 is 2.65 bits per heavy atom. The topological polar surface area (TPSA) is 79.5 Å². The molecule has 0 bridgehead atoms. The minimum absolute atomic E-state index is 0.178. The van der Waals surface area contributed by atoms with Crippen LogP contribution in [0.3, 0.4) is 0 Å². The molecule has 0 unspecified atom stereocenters. The number of amides is 1. The third-order valence-corrected chi connectivity index (χ3v) is 3.04. The highest BCUT2D eigenvalue weighted by Crippen LogP contribution is 2.20. The van der Waals surface area contributed by atoms with Crippen molar-refractivity contribution in [3.63, 3.8) is 0 Å². The van der Waals surface area contributed by atoms with Crippen LogP contribution in [0.1, 0.15) is 30.6 Å². The first-order chi connectivity index (χ1) is 9.49. The Balaban J connectivity index is 2.20. The van der Waals surface area contributed by atoms with Crippen LogP contribution in [0.2, 0.25) is 0 Å². The minimum Gasteiger partial charge on any atom is -0.480 e. The molecular weight excluding hydrogens is 258 g/mol. The van der Waals surface area contributed by atoms with Crippen LogP contribution in [0.15, 0.2) is 34.9 Å². The van der Waals surface area contributed by atoms with Gasteiger partial charge in [-0.3, -0.25) is 4.79 Å². The summed E-state index contributed by atoms with van der Waals surface area (Å²) in [6.45, 7) is 3.82. The van der Waals surface area contributed by atoms with Crippen molar-refractivity contribution in [1.29, 1.82) is 0 Å². The fraction of sp³-hybridized carbons (Fsp3) is 0.333. The summed E-state index contributed by atoms with van der Waals surface area (Å²) in [5.41, 5.74) is 0.962. The second-order valence-electron chi connectivity index (χ2n) is 5.14. The lowest BCUT2D eigenvalue weighted by Crippen LogP contribution is -2.41. The van der Waals surface area contributed by atoms with E-state index in [0.29, 0.717) is 23.0 Å². The number of carboxylic acid groups (broad SMARTS) is 1. The number of carbonyl (C=O) groups excluding carboxylic acids is 1. The molecule has 0 aliphatic rings. The number of carboxylic acids is 1. The number of carbonyl (C=O) groups is 2. The molecule has 5 heteroatoms. The van der Waals surface area contributed by atoms with E-state index < -0.39 is 17.9 Å². The lowest BCUT2D eigenvalue weighted by atomic mass is 10.0. The lowest BCUT2D eigenvalue weighted by molar-refractivity contribution is -0.139. The first kappa shape index (κ1) is 14.1. The second-order valence-corrected chi connectivity index (χ2v) is 5.14. The maximum absolute atomic E-state index is 12.2. The monoisotopic (exact) mass is 275 g/mol. The van der Waals surface area contributed by atoms with E-state index in [9.17, 15) is 9.59 Å². The normalized spacial score (nSPS) is 12.6. The van der Waals surface area contributed by atoms with E-state index in [0.717, 1.165) is 0 Å². The van der Waals surface area contributed by atoms with E-state index in [-0.39, 0.29) is 5.92 Å². The van der Waals surface area contributed by atoms with Gasteiger partial charge in [-0.15, -0.1) is 0 Å². The molecule has 0 aliphatic heterocycles. The third kappa shape index (κ3) is 2.99. The molecule has 2 N–H and O–H groups in total. The van der Waals surface area contributed by atoms with E-state index in [1.165, 1.54) is 6.26 Å². The van der Waals surface area contributed by atoms with Gasteiger partial charge >= 0.3 is 5.97 Å². The first-order valence-corrected chi connectivity index (χ1v) is 6.49. The predicted octanol–water partition coefficient (Wildman–Crippen LogP) is 2.66. The predicted molar refractivity (Wildman–Crippen MR) is 74.6 cm³/mol. The van der Waals surface area contributed by atoms with Crippen LogP contribution >= 0.6 is 0 Å². The molecule has 0 saturated carbocycles. The zero-order valence-electron chi connectivity index (χ0n) is 11.4. The molecule has 1 heterocycles. The second kappa shape index (κ2) is 5.77. The molecule has 2 aromatic rings. The highest BCUT2D eigenvalue weighted by atomic mass is 16.4. The standard InChI is InChI=1S/C15H17NO4/c1-9(2)7-12(15(18)19)16-14(17)11-8-20-13-6-4-3-5-10(11)13/h3-6,8-9,12H,7H2,1-2H3,(H,16,17)(H,18,19)/t12-/m0/s1. The number of hydrogen-bond donors (Lipinski definition) is 2. The molecule has 106 valence electrons. The molecule has 1 aromatic carbocycles. The van der Waals surface area contributed by atoms with Crippen LogP contribution < -0.4 is 5.32 Å². The summed E-state index contributed by atoms with van der Waals surface area (Å²) in [6, 6.07) is 6.25. The Labute approximate surface area is 116 Å². The Morgan fingerprint density at radius 2 is 2.00 bits per heavy atom. The van der Waals surface area contributed by atoms with Crippen molar-refractivity contribution < 1.29 is 19.1 Å². The minimum atomic E-state index is -1.03. The number of benzene rings is 1. The summed E-state index contributed by atoms with van der Waals surface area (Å²) in [5, 5.41) is 12.4. The molecule has 5 nitrogen and oxygen atoms in total. The van der Waals surface area contributed by atoms with Gasteiger partial charge in [-0.25, -0.2) is 4.79 Å². The van der Waals surface area contributed by atoms with Crippen LogP contribution in [-0.4, -0.2) is 23.0 Å². The Bertz CT molecular complexity index is 630. The van der Waals surface area contributed by atoms with Gasteiger partial charge in [-0.1, -0.05) is 32.0 Å². The highest BCUT2D eigenvalue weighted by Gasteiger charge is 2.23. The van der Waals surface area contributed by atoms with Crippen LogP contribution in [0.25, 0.3) is 11.0 Å². The molecule has 0 aliphatic carbocycles. The molecule has 0 fully saturated rings. The zero-order chi connectivity index (χ0) is 14.7. The maximum atomic E-state index is 12.2. The van der Waals surface area contributed by atoms with E-state index in [4.69, 9.17) is 9.52 Å². The molecule has 0 saturated heterocycles. The Hall–Kier alpha value is -2.30. The number of fused-ring (bicyclic) bond motifs is 1. The van der Waals surface area contributed by atoms with Crippen molar-refractivity contribution >= 4 is 22.8 Å². The third-order valence-electron chi connectivity index (χ3n) is 3.04. The van der Waals surface area contributed by atoms with Gasteiger partial charge in [0, 0.05) is 5.39 Å². The highest BCUT2D eigenvalue weighted by molar-refractivity contribution is 6.06. The zero-order valence-corrected chi connectivity index (χ0v) is 11.4. The van der Waals surface area contributed by atoms with Crippen molar-refractivity contribution in [2.24, 2.45) is 5.92 Å². The average molecular weight is 275 g/mol. The average Bonchev–Trinajstić information content (AvgIpc) is 2.81. The Morgan fingerprint density at radius 1 is 1.30 bits per heavy atom. The summed E-state index contributed by atoms with van der Waals surface area (Å²) in [5.74, 6) is -1.28. The van der Waals surface area contributed by atoms with Gasteiger partial charge in [0.1, 0.15) is 17.9 Å². The number of para-hydroxylation sites is 1. The van der Waals surface area contributed by atoms with Gasteiger partial charge in [0.05, 0.1) is 5.56 Å². The summed E-state index contributed by atoms with van der Waals surface area (Å²) in [6.07, 6.45) is 1.74. The largest absolute Gasteiger partial charge is 0.480 e. The summed E-state index contributed by atoms with van der Waals surface area (Å²) in [7, 11) is 0. The number of aliphatic carboxylic acids is 1. The van der Waals surface area contributed by atoms with Gasteiger partial charge in [-0.2, -0.15) is 0 Å². The fourth-order valence-corrected chi connectivity index (χ4v) is 2.08. The van der Waals surface area contributed by atoms with E-state index >= 15 is 0 Å². The number of furan rings is 1. The summed E-state index contributed by atoms with van der Waals surface area (Å²) in [4.78, 5) is 23.3. The van der Waals surface area contributed by atoms with Gasteiger partial charge in [-0.05, 0) is 18.4 Å². The van der Waals surface area contributed by atoms with Crippen LogP contribution in [0.4, 0.5) is 0 Å². The van der Waals surface area contributed by atoms with Crippen molar-refractivity contribution in [3.05, 3.63) is 36.1 Å². The van der Waals surface area contributed by atoms with Crippen molar-refractivity contribution in [1.82, 2.24) is 5.32 Å². The van der Waals surface area contributed by atoms with Crippen molar-refractivity contribution in [2.75, 3.05) is 0 Å². The van der Waals surface area contributed by atoms with Gasteiger partial charge in [0.25, 0.3) is 5.91 Å². The number of nitrogens with one attached hydrogen (secondary N) is 1. The maximum Gasteiger partial charge on any atom is 0.326 e. The van der Waals surface area contributed by atoms with Crippen molar-refractivity contribution in [2.45, 2.75) is 26.3 Å². The van der Waals surface area contributed by atoms with E-state index in [1.807, 2.05) is 19.9 Å². The summed E-state index contributed by atoms with van der Waals surface area (Å²) < 4.78 is 5.29. The van der Waals surface area contributed by atoms with Crippen LogP contribution in [0, 0.1) is 5.92 Å². The molecule has 1 aromatic heterocycles. The fourth-order valence-electron chi connectivity index (χ4n) is 2.08. The molecule has 0 spiro atoms. The van der Waals surface area contributed by atoms with Gasteiger partial charge in [0.15, 0.2) is 0 Å². The number of rotatable bonds is 5. The molecule has 20 heavy (non-hydrogen) atoms. The number of hydrogen-bond acceptors (Lipinski definition) is 3. The first-order valence-electron chi connectivity index (χ1n) is 6.49. The molecule has 2 rings (SSSR count). The molecule has 1 amide bonds. The smallest absolute Gasteiger partial charge is 0.326 e. The lowest BCUT2D eigenvalue weighted by Gasteiger charge is -2.15. The van der Waals surface area contributed by atoms with Crippen molar-refractivity contribution in [3.8, 4) is 0 Å². The molecule has 1 atom stereocenters. The van der Waals surface area contributed by atoms with Crippen LogP contribution in [-0.2, 0) is 4.79 Å². The Kier molecular flexibility index (Phi) is 4.08. The van der Waals surface area contributed by atoms with Gasteiger partial charge < -0.3 is 14.8 Å². The van der Waals surface area contributed by atoms with E-state index in [2.05, 4.69) is 5.32 Å².